The van der Waals surface area contributed by atoms with Crippen LogP contribution in [0.4, 0.5) is 13.2 Å². The molecule has 3 N–H and O–H groups in total. The van der Waals surface area contributed by atoms with Crippen LogP contribution in [0.3, 0.4) is 0 Å². The number of benzene rings is 1. The molecule has 0 aliphatic carbocycles. The van der Waals surface area contributed by atoms with E-state index in [0.717, 1.165) is 12.1 Å². The smallest absolute Gasteiger partial charge is 0.277 e. The normalized spacial score (nSPS) is 11.4. The first-order valence-electron chi connectivity index (χ1n) is 4.67. The third kappa shape index (κ3) is 3.90. The van der Waals surface area contributed by atoms with Crippen LogP contribution in [0, 0.1) is 5.82 Å². The maximum atomic E-state index is 13.2. The average molecular weight is 267 g/mol. The Morgan fingerprint density at radius 1 is 1.47 bits per heavy atom. The van der Waals surface area contributed by atoms with Crippen molar-refractivity contribution in [3.05, 3.63) is 34.6 Å². The van der Waals surface area contributed by atoms with Crippen LogP contribution >= 0.6 is 11.6 Å². The summed E-state index contributed by atoms with van der Waals surface area (Å²) in [6, 6.07) is 3.34. The van der Waals surface area contributed by atoms with E-state index in [-0.39, 0.29) is 10.6 Å². The van der Waals surface area contributed by atoms with Gasteiger partial charge in [-0.2, -0.15) is 0 Å². The van der Waals surface area contributed by atoms with Crippen LogP contribution in [0.25, 0.3) is 0 Å². The molecule has 94 valence electrons. The maximum absolute atomic E-state index is 13.2. The van der Waals surface area contributed by atoms with Gasteiger partial charge in [0.25, 0.3) is 11.8 Å². The molecular formula is C10H10ClF3N2O. The zero-order valence-corrected chi connectivity index (χ0v) is 9.40. The molecule has 0 saturated carbocycles. The van der Waals surface area contributed by atoms with Gasteiger partial charge in [0, 0.05) is 5.02 Å². The Kier molecular flexibility index (Phi) is 4.36. The van der Waals surface area contributed by atoms with Gasteiger partial charge < -0.3 is 11.1 Å². The number of carbonyl (C=O) groups is 1. The SMILES string of the molecule is NCC(F)(F)CNC(=O)c1ccc(Cl)cc1F. The van der Waals surface area contributed by atoms with E-state index in [1.807, 2.05) is 5.32 Å². The second-order valence-electron chi connectivity index (χ2n) is 3.37. The standard InChI is InChI=1S/C10H10ClF3N2O/c11-6-1-2-7(8(12)3-6)9(17)16-5-10(13,14)4-15/h1-3H,4-5,15H2,(H,16,17). The van der Waals surface area contributed by atoms with Gasteiger partial charge in [-0.3, -0.25) is 4.79 Å². The molecule has 0 unspecified atom stereocenters. The maximum Gasteiger partial charge on any atom is 0.277 e. The van der Waals surface area contributed by atoms with Gasteiger partial charge in [-0.25, -0.2) is 13.2 Å². The summed E-state index contributed by atoms with van der Waals surface area (Å²) >= 11 is 5.49. The third-order valence-electron chi connectivity index (χ3n) is 1.98. The Morgan fingerprint density at radius 2 is 2.12 bits per heavy atom. The third-order valence-corrected chi connectivity index (χ3v) is 2.22. The first-order chi connectivity index (χ1) is 7.85. The van der Waals surface area contributed by atoms with Crippen molar-refractivity contribution in [2.45, 2.75) is 5.92 Å². The highest BCUT2D eigenvalue weighted by Gasteiger charge is 2.27. The number of carbonyl (C=O) groups excluding carboxylic acids is 1. The molecule has 0 heterocycles. The van der Waals surface area contributed by atoms with Crippen molar-refractivity contribution in [1.29, 1.82) is 0 Å². The van der Waals surface area contributed by atoms with Gasteiger partial charge in [0.05, 0.1) is 18.7 Å². The van der Waals surface area contributed by atoms with Crippen molar-refractivity contribution >= 4 is 17.5 Å². The van der Waals surface area contributed by atoms with Gasteiger partial charge in [-0.05, 0) is 18.2 Å². The highest BCUT2D eigenvalue weighted by molar-refractivity contribution is 6.30. The van der Waals surface area contributed by atoms with E-state index in [0.29, 0.717) is 0 Å². The fraction of sp³-hybridized carbons (Fsp3) is 0.300. The van der Waals surface area contributed by atoms with Gasteiger partial charge >= 0.3 is 0 Å². The van der Waals surface area contributed by atoms with Crippen molar-refractivity contribution in [1.82, 2.24) is 5.32 Å². The second-order valence-corrected chi connectivity index (χ2v) is 3.80. The number of alkyl halides is 2. The molecule has 0 spiro atoms. The minimum Gasteiger partial charge on any atom is -0.346 e. The fourth-order valence-corrected chi connectivity index (χ4v) is 1.21. The predicted molar refractivity (Wildman–Crippen MR) is 57.7 cm³/mol. The van der Waals surface area contributed by atoms with Crippen molar-refractivity contribution < 1.29 is 18.0 Å². The Morgan fingerprint density at radius 3 is 2.65 bits per heavy atom. The molecule has 0 atom stereocenters. The molecule has 0 bridgehead atoms. The van der Waals surface area contributed by atoms with Gasteiger partial charge in [-0.15, -0.1) is 0 Å². The minimum atomic E-state index is -3.21. The molecule has 0 radical (unpaired) electrons. The van der Waals surface area contributed by atoms with Crippen LogP contribution in [0.1, 0.15) is 10.4 Å². The van der Waals surface area contributed by atoms with Crippen LogP contribution in [-0.4, -0.2) is 24.9 Å². The molecule has 0 aromatic heterocycles. The largest absolute Gasteiger partial charge is 0.346 e. The van der Waals surface area contributed by atoms with Gasteiger partial charge in [0.2, 0.25) is 0 Å². The van der Waals surface area contributed by atoms with E-state index in [2.05, 4.69) is 0 Å². The summed E-state index contributed by atoms with van der Waals surface area (Å²) in [5, 5.41) is 2.02. The number of nitrogens with one attached hydrogen (secondary N) is 1. The van der Waals surface area contributed by atoms with E-state index in [1.165, 1.54) is 6.07 Å². The summed E-state index contributed by atoms with van der Waals surface area (Å²) in [5.41, 5.74) is 4.44. The summed E-state index contributed by atoms with van der Waals surface area (Å²) < 4.78 is 38.7. The summed E-state index contributed by atoms with van der Waals surface area (Å²) in [6.45, 7) is -1.83. The summed E-state index contributed by atoms with van der Waals surface area (Å²) in [4.78, 5) is 11.4. The monoisotopic (exact) mass is 266 g/mol. The Bertz CT molecular complexity index is 426. The van der Waals surface area contributed by atoms with Crippen molar-refractivity contribution in [2.24, 2.45) is 5.73 Å². The minimum absolute atomic E-state index is 0.117. The van der Waals surface area contributed by atoms with Gasteiger partial charge in [-0.1, -0.05) is 11.6 Å². The molecule has 1 aromatic carbocycles. The molecule has 1 rings (SSSR count). The average Bonchev–Trinajstić information content (AvgIpc) is 2.26. The van der Waals surface area contributed by atoms with Crippen LogP contribution < -0.4 is 11.1 Å². The lowest BCUT2D eigenvalue weighted by atomic mass is 10.2. The number of hydrogen-bond acceptors (Lipinski definition) is 2. The van der Waals surface area contributed by atoms with Crippen molar-refractivity contribution in [2.75, 3.05) is 13.1 Å². The highest BCUT2D eigenvalue weighted by Crippen LogP contribution is 2.15. The molecule has 0 saturated heterocycles. The van der Waals surface area contributed by atoms with E-state index in [9.17, 15) is 18.0 Å². The zero-order chi connectivity index (χ0) is 13.1. The Labute approximate surface area is 101 Å². The molecule has 7 heteroatoms. The quantitative estimate of drug-likeness (QED) is 0.873. The summed E-state index contributed by atoms with van der Waals surface area (Å²) in [5.74, 6) is -5.02. The lowest BCUT2D eigenvalue weighted by molar-refractivity contribution is 0.0118. The molecule has 1 aromatic rings. The number of halogens is 4. The molecule has 0 aliphatic rings. The molecule has 0 fully saturated rings. The molecule has 0 aliphatic heterocycles. The van der Waals surface area contributed by atoms with E-state index in [1.54, 1.807) is 0 Å². The van der Waals surface area contributed by atoms with Crippen molar-refractivity contribution in [3.63, 3.8) is 0 Å². The van der Waals surface area contributed by atoms with Crippen LogP contribution in [-0.2, 0) is 0 Å². The fourth-order valence-electron chi connectivity index (χ4n) is 1.05. The first-order valence-corrected chi connectivity index (χ1v) is 5.04. The number of nitrogens with two attached hydrogens (primary N) is 1. The molecular weight excluding hydrogens is 257 g/mol. The van der Waals surface area contributed by atoms with E-state index < -0.39 is 30.7 Å². The number of rotatable bonds is 4. The molecule has 17 heavy (non-hydrogen) atoms. The second kappa shape index (κ2) is 5.37. The molecule has 3 nitrogen and oxygen atoms in total. The number of amides is 1. The topological polar surface area (TPSA) is 55.1 Å². The zero-order valence-electron chi connectivity index (χ0n) is 8.64. The predicted octanol–water partition coefficient (Wildman–Crippen LogP) is 1.80. The van der Waals surface area contributed by atoms with E-state index >= 15 is 0 Å². The Balaban J connectivity index is 2.71. The summed E-state index contributed by atoms with van der Waals surface area (Å²) in [7, 11) is 0. The lowest BCUT2D eigenvalue weighted by Crippen LogP contribution is -2.41. The number of hydrogen-bond donors (Lipinski definition) is 2. The Hall–Kier alpha value is -1.27. The van der Waals surface area contributed by atoms with Crippen LogP contribution in [0.15, 0.2) is 18.2 Å². The summed E-state index contributed by atoms with van der Waals surface area (Å²) in [6.07, 6.45) is 0. The van der Waals surface area contributed by atoms with Crippen LogP contribution in [0.5, 0.6) is 0 Å². The lowest BCUT2D eigenvalue weighted by Gasteiger charge is -2.14. The first kappa shape index (κ1) is 13.8. The van der Waals surface area contributed by atoms with Crippen molar-refractivity contribution in [3.8, 4) is 0 Å². The van der Waals surface area contributed by atoms with Gasteiger partial charge in [0.15, 0.2) is 0 Å². The van der Waals surface area contributed by atoms with E-state index in [4.69, 9.17) is 17.3 Å². The highest BCUT2D eigenvalue weighted by atomic mass is 35.5. The molecule has 1 amide bonds. The van der Waals surface area contributed by atoms with Gasteiger partial charge in [0.1, 0.15) is 5.82 Å². The van der Waals surface area contributed by atoms with Crippen LogP contribution in [0.2, 0.25) is 5.02 Å².